The van der Waals surface area contributed by atoms with E-state index in [0.717, 1.165) is 0 Å². The molecular weight excluding hydrogens is 484 g/mol. The average Bonchev–Trinajstić information content (AvgIpc) is 3.45. The summed E-state index contributed by atoms with van der Waals surface area (Å²) >= 11 is 0. The Hall–Kier alpha value is -4.40. The summed E-state index contributed by atoms with van der Waals surface area (Å²) in [4.78, 5) is 0. The summed E-state index contributed by atoms with van der Waals surface area (Å²) in [6.07, 6.45) is 6.63. The van der Waals surface area contributed by atoms with Crippen LogP contribution in [0.25, 0.3) is 11.1 Å². The first-order chi connectivity index (χ1) is 18.4. The minimum atomic E-state index is 0. The molecule has 0 bridgehead atoms. The van der Waals surface area contributed by atoms with Crippen molar-refractivity contribution in [2.45, 2.75) is 12.1 Å². The fraction of sp³-hybridized carbons (Fsp3) is 0.0571. The van der Waals surface area contributed by atoms with E-state index < -0.39 is 0 Å². The maximum absolute atomic E-state index is 2.33. The summed E-state index contributed by atoms with van der Waals surface area (Å²) in [5, 5.41) is 0. The average molecular weight is 513 g/mol. The summed E-state index contributed by atoms with van der Waals surface area (Å²) in [7, 11) is 0. The Morgan fingerprint density at radius 1 is 0.447 bits per heavy atom. The lowest BCUT2D eigenvalue weighted by molar-refractivity contribution is -0.704. The van der Waals surface area contributed by atoms with Crippen molar-refractivity contribution in [1.29, 1.82) is 0 Å². The second-order valence-corrected chi connectivity index (χ2v) is 9.33. The van der Waals surface area contributed by atoms with Crippen molar-refractivity contribution in [2.24, 2.45) is 0 Å². The summed E-state index contributed by atoms with van der Waals surface area (Å²) in [5.41, 5.74) is 7.50. The van der Waals surface area contributed by atoms with Crippen molar-refractivity contribution in [2.75, 3.05) is 0 Å². The van der Waals surface area contributed by atoms with Crippen LogP contribution in [0.3, 0.4) is 0 Å². The van der Waals surface area contributed by atoms with E-state index in [9.17, 15) is 0 Å². The van der Waals surface area contributed by atoms with Gasteiger partial charge >= 0.3 is 0 Å². The largest absolute Gasteiger partial charge is 1.00 e. The first-order valence-electron chi connectivity index (χ1n) is 12.8. The van der Waals surface area contributed by atoms with Crippen LogP contribution in [0.1, 0.15) is 34.3 Å². The van der Waals surface area contributed by atoms with Crippen molar-refractivity contribution in [1.82, 2.24) is 4.57 Å². The fourth-order valence-corrected chi connectivity index (χ4v) is 5.16. The van der Waals surface area contributed by atoms with Crippen LogP contribution in [0.2, 0.25) is 0 Å². The van der Waals surface area contributed by atoms with E-state index in [0.29, 0.717) is 0 Å². The molecule has 186 valence electrons. The van der Waals surface area contributed by atoms with Crippen LogP contribution in [0.4, 0.5) is 0 Å². The lowest BCUT2D eigenvalue weighted by atomic mass is 9.96. The minimum absolute atomic E-state index is 0. The van der Waals surface area contributed by atoms with Gasteiger partial charge in [0.25, 0.3) is 0 Å². The maximum atomic E-state index is 2.33. The lowest BCUT2D eigenvalue weighted by Crippen LogP contribution is -3.00. The van der Waals surface area contributed by atoms with Gasteiger partial charge in [-0.1, -0.05) is 146 Å². The summed E-state index contributed by atoms with van der Waals surface area (Å²) < 4.78 is 4.64. The van der Waals surface area contributed by atoms with Crippen LogP contribution in [0.15, 0.2) is 164 Å². The van der Waals surface area contributed by atoms with Crippen molar-refractivity contribution in [3.8, 4) is 11.1 Å². The number of benzene rings is 5. The molecule has 0 amide bonds. The van der Waals surface area contributed by atoms with Crippen LogP contribution in [-0.2, 0) is 0 Å². The van der Waals surface area contributed by atoms with Gasteiger partial charge in [0.2, 0.25) is 6.33 Å². The SMILES string of the molecule is [Cl-].c1ccc(-c2ccc(C(c3ccccc3)[n+]3ccn(C(c4ccccc4)c4ccccc4)c3)cc2)cc1. The molecule has 3 heteroatoms. The van der Waals surface area contributed by atoms with E-state index in [1.54, 1.807) is 0 Å². The van der Waals surface area contributed by atoms with Gasteiger partial charge in [-0.25, -0.2) is 9.13 Å². The Kier molecular flexibility index (Phi) is 7.82. The molecule has 0 N–H and O–H groups in total. The van der Waals surface area contributed by atoms with Crippen LogP contribution >= 0.6 is 0 Å². The lowest BCUT2D eigenvalue weighted by Gasteiger charge is -2.17. The molecule has 0 aliphatic rings. The molecule has 1 atom stereocenters. The zero-order valence-electron chi connectivity index (χ0n) is 21.0. The van der Waals surface area contributed by atoms with Gasteiger partial charge < -0.3 is 12.4 Å². The number of halogens is 1. The molecule has 0 spiro atoms. The summed E-state index contributed by atoms with van der Waals surface area (Å²) in [6, 6.07) is 51.9. The molecule has 0 fully saturated rings. The Labute approximate surface area is 230 Å². The second kappa shape index (κ2) is 11.8. The zero-order valence-corrected chi connectivity index (χ0v) is 21.8. The first kappa shape index (κ1) is 25.3. The number of rotatable bonds is 7. The van der Waals surface area contributed by atoms with Crippen LogP contribution in [0, 0.1) is 0 Å². The van der Waals surface area contributed by atoms with Crippen molar-refractivity contribution >= 4 is 0 Å². The van der Waals surface area contributed by atoms with Crippen LogP contribution in [0.5, 0.6) is 0 Å². The maximum Gasteiger partial charge on any atom is 0.245 e. The third-order valence-corrected chi connectivity index (χ3v) is 6.95. The molecule has 0 aliphatic carbocycles. The molecule has 0 aliphatic heterocycles. The molecule has 0 saturated carbocycles. The third kappa shape index (κ3) is 5.32. The fourth-order valence-electron chi connectivity index (χ4n) is 5.16. The molecule has 6 aromatic rings. The van der Waals surface area contributed by atoms with Gasteiger partial charge in [-0.2, -0.15) is 0 Å². The molecule has 0 radical (unpaired) electrons. The molecule has 1 aromatic heterocycles. The van der Waals surface area contributed by atoms with Gasteiger partial charge in [0.05, 0.1) is 0 Å². The molecular formula is C35H29ClN2. The van der Waals surface area contributed by atoms with Crippen LogP contribution in [-0.4, -0.2) is 4.57 Å². The van der Waals surface area contributed by atoms with E-state index in [1.807, 2.05) is 0 Å². The zero-order chi connectivity index (χ0) is 24.9. The monoisotopic (exact) mass is 512 g/mol. The van der Waals surface area contributed by atoms with E-state index in [2.05, 4.69) is 173 Å². The summed E-state index contributed by atoms with van der Waals surface area (Å²) in [5.74, 6) is 0. The topological polar surface area (TPSA) is 8.81 Å². The third-order valence-electron chi connectivity index (χ3n) is 6.95. The Bertz CT molecular complexity index is 1510. The number of aromatic nitrogens is 2. The van der Waals surface area contributed by atoms with E-state index >= 15 is 0 Å². The molecule has 1 heterocycles. The molecule has 2 nitrogen and oxygen atoms in total. The molecule has 6 rings (SSSR count). The van der Waals surface area contributed by atoms with Gasteiger partial charge in [-0.3, -0.25) is 0 Å². The van der Waals surface area contributed by atoms with Gasteiger partial charge in [0.1, 0.15) is 12.4 Å². The molecule has 1 unspecified atom stereocenters. The highest BCUT2D eigenvalue weighted by atomic mass is 35.5. The van der Waals surface area contributed by atoms with Crippen molar-refractivity contribution in [3.63, 3.8) is 0 Å². The smallest absolute Gasteiger partial charge is 0.245 e. The first-order valence-corrected chi connectivity index (χ1v) is 12.8. The van der Waals surface area contributed by atoms with Gasteiger partial charge in [0.15, 0.2) is 12.1 Å². The van der Waals surface area contributed by atoms with Crippen LogP contribution < -0.4 is 17.0 Å². The Balaban J connectivity index is 0.00000294. The quantitative estimate of drug-likeness (QED) is 0.274. The predicted octanol–water partition coefficient (Wildman–Crippen LogP) is 4.72. The number of nitrogens with zero attached hydrogens (tertiary/aromatic N) is 2. The van der Waals surface area contributed by atoms with Gasteiger partial charge in [-0.05, 0) is 11.1 Å². The van der Waals surface area contributed by atoms with Gasteiger partial charge in [-0.15, -0.1) is 0 Å². The highest BCUT2D eigenvalue weighted by Gasteiger charge is 2.26. The van der Waals surface area contributed by atoms with E-state index in [4.69, 9.17) is 0 Å². The normalized spacial score (nSPS) is 11.6. The van der Waals surface area contributed by atoms with E-state index in [1.165, 1.54) is 33.4 Å². The predicted molar refractivity (Wildman–Crippen MR) is 150 cm³/mol. The Morgan fingerprint density at radius 2 is 0.868 bits per heavy atom. The van der Waals surface area contributed by atoms with Crippen molar-refractivity contribution in [3.05, 3.63) is 187 Å². The number of hydrogen-bond donors (Lipinski definition) is 0. The number of hydrogen-bond acceptors (Lipinski definition) is 0. The molecule has 0 saturated heterocycles. The second-order valence-electron chi connectivity index (χ2n) is 9.33. The van der Waals surface area contributed by atoms with Gasteiger partial charge in [0, 0.05) is 22.3 Å². The highest BCUT2D eigenvalue weighted by molar-refractivity contribution is 5.63. The molecule has 5 aromatic carbocycles. The highest BCUT2D eigenvalue weighted by Crippen LogP contribution is 2.28. The molecule has 38 heavy (non-hydrogen) atoms. The standard InChI is InChI=1S/C35H29N2.ClH/c1-5-13-28(14-6-1)29-21-23-33(24-22-29)35(32-19-11-4-12-20-32)37-26-25-36(27-37)34(30-15-7-2-8-16-30)31-17-9-3-10-18-31;/h1-27,34-35H;1H/q+1;/p-1. The van der Waals surface area contributed by atoms with E-state index in [-0.39, 0.29) is 24.5 Å². The number of imidazole rings is 1. The minimum Gasteiger partial charge on any atom is -1.00 e. The van der Waals surface area contributed by atoms with Crippen molar-refractivity contribution < 1.29 is 17.0 Å². The Morgan fingerprint density at radius 3 is 1.39 bits per heavy atom. The summed E-state index contributed by atoms with van der Waals surface area (Å²) in [6.45, 7) is 0.